The fourth-order valence-electron chi connectivity index (χ4n) is 1.81. The topological polar surface area (TPSA) is 127 Å². The number of carbonyl (C=O) groups excluding carboxylic acids is 1. The van der Waals surface area contributed by atoms with Crippen molar-refractivity contribution >= 4 is 17.2 Å². The lowest BCUT2D eigenvalue weighted by atomic mass is 10.2. The number of ether oxygens (including phenoxy) is 1. The summed E-state index contributed by atoms with van der Waals surface area (Å²) >= 11 is 0. The number of hydrogen-bond acceptors (Lipinski definition) is 7. The van der Waals surface area contributed by atoms with Crippen molar-refractivity contribution in [2.45, 2.75) is 0 Å². The zero-order chi connectivity index (χ0) is 16.2. The fourth-order valence-corrected chi connectivity index (χ4v) is 1.81. The molecule has 3 aromatic rings. The number of nitrogens with two attached hydrogens (primary N) is 1. The fraction of sp³-hybridized carbons (Fsp3) is 0. The number of rotatable bonds is 5. The maximum absolute atomic E-state index is 12.2. The molecule has 3 rings (SSSR count). The first-order valence-electron chi connectivity index (χ1n) is 6.55. The van der Waals surface area contributed by atoms with Gasteiger partial charge in [0.15, 0.2) is 11.5 Å². The Morgan fingerprint density at radius 1 is 1.30 bits per heavy atom. The lowest BCUT2D eigenvalue weighted by molar-refractivity contribution is 0.101. The van der Waals surface area contributed by atoms with Crippen LogP contribution in [-0.4, -0.2) is 26.1 Å². The number of carbonyl (C=O) groups is 1. The monoisotopic (exact) mass is 312 g/mol. The summed E-state index contributed by atoms with van der Waals surface area (Å²) in [5.74, 6) is -0.292. The predicted molar refractivity (Wildman–Crippen MR) is 81.0 cm³/mol. The van der Waals surface area contributed by atoms with Gasteiger partial charge in [0.25, 0.3) is 0 Å². The summed E-state index contributed by atoms with van der Waals surface area (Å²) in [6.07, 6.45) is 3.56. The number of aromatic nitrogens is 3. The van der Waals surface area contributed by atoms with Gasteiger partial charge < -0.3 is 20.0 Å². The molecule has 0 saturated carbocycles. The van der Waals surface area contributed by atoms with Gasteiger partial charge in [-0.3, -0.25) is 9.89 Å². The van der Waals surface area contributed by atoms with Crippen LogP contribution < -0.4 is 10.5 Å². The minimum atomic E-state index is -0.581. The van der Waals surface area contributed by atoms with Crippen LogP contribution in [0, 0.1) is 0 Å². The van der Waals surface area contributed by atoms with Gasteiger partial charge in [0.2, 0.25) is 17.4 Å². The SMILES string of the molecule is Nc1ccc(Oc2ccoc2C(=O)C=C(O)c2nc[nH]n2)cc1. The van der Waals surface area contributed by atoms with Crippen LogP contribution in [0.2, 0.25) is 0 Å². The molecule has 2 heterocycles. The number of nitrogen functional groups attached to an aromatic ring is 1. The quantitative estimate of drug-likeness (QED) is 0.286. The highest BCUT2D eigenvalue weighted by atomic mass is 16.5. The van der Waals surface area contributed by atoms with E-state index in [-0.39, 0.29) is 23.1 Å². The number of anilines is 1. The number of hydrogen-bond donors (Lipinski definition) is 3. The van der Waals surface area contributed by atoms with Crippen LogP contribution in [0.15, 0.2) is 53.4 Å². The number of allylic oxidation sites excluding steroid dienone is 1. The van der Waals surface area contributed by atoms with Gasteiger partial charge in [-0.1, -0.05) is 0 Å². The summed E-state index contributed by atoms with van der Waals surface area (Å²) < 4.78 is 10.7. The maximum Gasteiger partial charge on any atom is 0.228 e. The third-order valence-electron chi connectivity index (χ3n) is 2.87. The van der Waals surface area contributed by atoms with E-state index in [0.717, 1.165) is 6.08 Å². The van der Waals surface area contributed by atoms with E-state index in [1.54, 1.807) is 24.3 Å². The first-order valence-corrected chi connectivity index (χ1v) is 6.55. The Hall–Kier alpha value is -3.55. The molecule has 0 saturated heterocycles. The Kier molecular flexibility index (Phi) is 3.79. The molecule has 0 atom stereocenters. The summed E-state index contributed by atoms with van der Waals surface area (Å²) in [5, 5.41) is 15.9. The second-order valence-electron chi connectivity index (χ2n) is 4.50. The average Bonchev–Trinajstić information content (AvgIpc) is 3.20. The van der Waals surface area contributed by atoms with Crippen LogP contribution >= 0.6 is 0 Å². The van der Waals surface area contributed by atoms with Gasteiger partial charge in [-0.05, 0) is 24.3 Å². The van der Waals surface area contributed by atoms with E-state index in [9.17, 15) is 9.90 Å². The normalized spacial score (nSPS) is 11.4. The van der Waals surface area contributed by atoms with Crippen molar-refractivity contribution in [2.24, 2.45) is 0 Å². The van der Waals surface area contributed by atoms with E-state index in [2.05, 4.69) is 15.2 Å². The third kappa shape index (κ3) is 3.21. The van der Waals surface area contributed by atoms with E-state index in [1.807, 2.05) is 0 Å². The van der Waals surface area contributed by atoms with Gasteiger partial charge in [0.05, 0.1) is 6.26 Å². The number of nitrogens with zero attached hydrogens (tertiary/aromatic N) is 2. The molecule has 8 heteroatoms. The van der Waals surface area contributed by atoms with Gasteiger partial charge >= 0.3 is 0 Å². The molecule has 0 unspecified atom stereocenters. The predicted octanol–water partition coefficient (Wildman–Crippen LogP) is 2.55. The number of ketones is 1. The van der Waals surface area contributed by atoms with Crippen LogP contribution in [0.3, 0.4) is 0 Å². The van der Waals surface area contributed by atoms with E-state index in [4.69, 9.17) is 14.9 Å². The van der Waals surface area contributed by atoms with Crippen molar-refractivity contribution in [1.29, 1.82) is 0 Å². The smallest absolute Gasteiger partial charge is 0.228 e. The lowest BCUT2D eigenvalue weighted by Crippen LogP contribution is -1.98. The molecular weight excluding hydrogens is 300 g/mol. The number of aliphatic hydroxyl groups is 1. The molecule has 0 radical (unpaired) electrons. The van der Waals surface area contributed by atoms with Gasteiger partial charge in [0, 0.05) is 17.8 Å². The van der Waals surface area contributed by atoms with Crippen LogP contribution in [-0.2, 0) is 0 Å². The molecule has 1 aromatic carbocycles. The van der Waals surface area contributed by atoms with Crippen molar-refractivity contribution in [1.82, 2.24) is 15.2 Å². The number of aromatic amines is 1. The zero-order valence-corrected chi connectivity index (χ0v) is 11.8. The van der Waals surface area contributed by atoms with E-state index in [1.165, 1.54) is 18.7 Å². The van der Waals surface area contributed by atoms with Crippen molar-refractivity contribution < 1.29 is 19.1 Å². The zero-order valence-electron chi connectivity index (χ0n) is 11.8. The van der Waals surface area contributed by atoms with E-state index in [0.29, 0.717) is 11.4 Å². The standard InChI is InChI=1S/C15H12N4O4/c16-9-1-3-10(4-2-9)23-13-5-6-22-14(13)11(20)7-12(21)15-17-8-18-19-15/h1-8,21H,16H2,(H,17,18,19). The largest absolute Gasteiger partial charge is 0.504 e. The summed E-state index contributed by atoms with van der Waals surface area (Å²) in [7, 11) is 0. The van der Waals surface area contributed by atoms with Crippen LogP contribution in [0.5, 0.6) is 11.5 Å². The van der Waals surface area contributed by atoms with Gasteiger partial charge in [-0.2, -0.15) is 5.10 Å². The average molecular weight is 312 g/mol. The molecule has 0 aliphatic carbocycles. The summed E-state index contributed by atoms with van der Waals surface area (Å²) in [6.45, 7) is 0. The molecule has 2 aromatic heterocycles. The first-order chi connectivity index (χ1) is 11.1. The molecule has 0 amide bonds. The highest BCUT2D eigenvalue weighted by Gasteiger charge is 2.17. The number of benzene rings is 1. The summed E-state index contributed by atoms with van der Waals surface area (Å²) in [4.78, 5) is 15.9. The molecule has 8 nitrogen and oxygen atoms in total. The highest BCUT2D eigenvalue weighted by Crippen LogP contribution is 2.28. The Morgan fingerprint density at radius 3 is 2.78 bits per heavy atom. The number of furan rings is 1. The van der Waals surface area contributed by atoms with Crippen molar-refractivity contribution in [3.8, 4) is 11.5 Å². The minimum absolute atomic E-state index is 0.00547. The molecule has 0 fully saturated rings. The van der Waals surface area contributed by atoms with Gasteiger partial charge in [-0.25, -0.2) is 4.98 Å². The Morgan fingerprint density at radius 2 is 2.09 bits per heavy atom. The van der Waals surface area contributed by atoms with Gasteiger partial charge in [0.1, 0.15) is 12.1 Å². The molecule has 4 N–H and O–H groups in total. The Bertz CT molecular complexity index is 835. The number of aliphatic hydroxyl groups excluding tert-OH is 1. The molecule has 23 heavy (non-hydrogen) atoms. The molecule has 0 aliphatic rings. The second-order valence-corrected chi connectivity index (χ2v) is 4.50. The third-order valence-corrected chi connectivity index (χ3v) is 2.87. The molecular formula is C15H12N4O4. The minimum Gasteiger partial charge on any atom is -0.504 e. The molecule has 0 aliphatic heterocycles. The molecule has 116 valence electrons. The van der Waals surface area contributed by atoms with Crippen LogP contribution in [0.1, 0.15) is 16.4 Å². The maximum atomic E-state index is 12.2. The van der Waals surface area contributed by atoms with Crippen LogP contribution in [0.25, 0.3) is 5.76 Å². The number of H-pyrrole nitrogens is 1. The number of nitrogens with one attached hydrogen (secondary N) is 1. The molecule has 0 spiro atoms. The van der Waals surface area contributed by atoms with Crippen molar-refractivity contribution in [2.75, 3.05) is 5.73 Å². The van der Waals surface area contributed by atoms with Crippen molar-refractivity contribution in [3.05, 3.63) is 60.6 Å². The van der Waals surface area contributed by atoms with E-state index >= 15 is 0 Å². The lowest BCUT2D eigenvalue weighted by Gasteiger charge is -2.04. The first kappa shape index (κ1) is 14.4. The summed E-state index contributed by atoms with van der Waals surface area (Å²) in [5.41, 5.74) is 6.20. The van der Waals surface area contributed by atoms with Crippen molar-refractivity contribution in [3.63, 3.8) is 0 Å². The second kappa shape index (κ2) is 6.06. The summed E-state index contributed by atoms with van der Waals surface area (Å²) in [6, 6.07) is 8.17. The highest BCUT2D eigenvalue weighted by molar-refractivity contribution is 6.07. The Balaban J connectivity index is 1.81. The van der Waals surface area contributed by atoms with Crippen LogP contribution in [0.4, 0.5) is 5.69 Å². The van der Waals surface area contributed by atoms with Gasteiger partial charge in [-0.15, -0.1) is 0 Å². The molecule has 0 bridgehead atoms. The Labute approximate surface area is 130 Å². The van der Waals surface area contributed by atoms with E-state index < -0.39 is 5.78 Å².